The van der Waals surface area contributed by atoms with Crippen LogP contribution in [0.1, 0.15) is 19.3 Å². The Hall–Kier alpha value is -0.650. The van der Waals surface area contributed by atoms with E-state index in [-0.39, 0.29) is 12.5 Å². The van der Waals surface area contributed by atoms with Gasteiger partial charge in [0.15, 0.2) is 0 Å². The lowest BCUT2D eigenvalue weighted by molar-refractivity contribution is -0.135. The Kier molecular flexibility index (Phi) is 4.01. The molecule has 0 spiro atoms. The van der Waals surface area contributed by atoms with Crippen molar-refractivity contribution in [2.24, 2.45) is 0 Å². The van der Waals surface area contributed by atoms with Crippen LogP contribution in [0.4, 0.5) is 0 Å². The van der Waals surface area contributed by atoms with Crippen molar-refractivity contribution in [1.82, 2.24) is 9.80 Å². The fraction of sp³-hybridized carbons (Fsp3) is 0.917. The zero-order valence-corrected chi connectivity index (χ0v) is 10.5. The molecule has 0 radical (unpaired) electrons. The molecule has 0 saturated carbocycles. The molecule has 5 heteroatoms. The molecule has 2 fully saturated rings. The smallest absolute Gasteiger partial charge is 0.248 e. The average Bonchev–Trinajstić information content (AvgIpc) is 2.89. The van der Waals surface area contributed by atoms with E-state index in [1.165, 1.54) is 20.0 Å². The fourth-order valence-electron chi connectivity index (χ4n) is 2.77. The van der Waals surface area contributed by atoms with E-state index in [9.17, 15) is 9.90 Å². The quantitative estimate of drug-likeness (QED) is 0.735. The summed E-state index contributed by atoms with van der Waals surface area (Å²) >= 11 is 0. The van der Waals surface area contributed by atoms with Crippen molar-refractivity contribution in [3.8, 4) is 0 Å². The second kappa shape index (κ2) is 5.33. The van der Waals surface area contributed by atoms with Gasteiger partial charge < -0.3 is 19.6 Å². The first-order valence-corrected chi connectivity index (χ1v) is 6.34. The van der Waals surface area contributed by atoms with Crippen molar-refractivity contribution in [2.45, 2.75) is 24.9 Å². The van der Waals surface area contributed by atoms with Gasteiger partial charge in [0.1, 0.15) is 6.61 Å². The van der Waals surface area contributed by atoms with Crippen LogP contribution in [0.25, 0.3) is 0 Å². The van der Waals surface area contributed by atoms with Crippen molar-refractivity contribution in [2.75, 3.05) is 46.4 Å². The number of rotatable bonds is 4. The standard InChI is InChI=1S/C12H22N2O3/c1-17-8-11(15)14-7-4-12(16,10-14)9-13-5-2-3-6-13/h16H,2-10H2,1H3. The van der Waals surface area contributed by atoms with Gasteiger partial charge in [0.2, 0.25) is 5.91 Å². The molecule has 17 heavy (non-hydrogen) atoms. The number of hydrogen-bond donors (Lipinski definition) is 1. The van der Waals surface area contributed by atoms with E-state index in [1.807, 2.05) is 0 Å². The third-order valence-electron chi connectivity index (χ3n) is 3.67. The van der Waals surface area contributed by atoms with Crippen LogP contribution in [-0.4, -0.2) is 72.9 Å². The summed E-state index contributed by atoms with van der Waals surface area (Å²) in [5.74, 6) is -0.0233. The number of aliphatic hydroxyl groups is 1. The summed E-state index contributed by atoms with van der Waals surface area (Å²) in [6.45, 7) is 4.06. The Balaban J connectivity index is 1.84. The SMILES string of the molecule is COCC(=O)N1CCC(O)(CN2CCCC2)C1. The lowest BCUT2D eigenvalue weighted by Gasteiger charge is -2.28. The Labute approximate surface area is 102 Å². The van der Waals surface area contributed by atoms with Gasteiger partial charge in [-0.3, -0.25) is 4.79 Å². The van der Waals surface area contributed by atoms with Gasteiger partial charge in [-0.15, -0.1) is 0 Å². The van der Waals surface area contributed by atoms with E-state index < -0.39 is 5.60 Å². The monoisotopic (exact) mass is 242 g/mol. The Morgan fingerprint density at radius 3 is 2.71 bits per heavy atom. The van der Waals surface area contributed by atoms with Gasteiger partial charge in [-0.05, 0) is 32.4 Å². The van der Waals surface area contributed by atoms with E-state index in [1.54, 1.807) is 4.90 Å². The summed E-state index contributed by atoms with van der Waals surface area (Å²) in [5, 5.41) is 10.5. The van der Waals surface area contributed by atoms with E-state index in [2.05, 4.69) is 4.90 Å². The number of carbonyl (C=O) groups excluding carboxylic acids is 1. The Morgan fingerprint density at radius 1 is 1.35 bits per heavy atom. The van der Waals surface area contributed by atoms with Gasteiger partial charge in [-0.2, -0.15) is 0 Å². The molecule has 1 N–H and O–H groups in total. The number of amides is 1. The normalized spacial score (nSPS) is 30.1. The highest BCUT2D eigenvalue weighted by atomic mass is 16.5. The van der Waals surface area contributed by atoms with Crippen molar-refractivity contribution >= 4 is 5.91 Å². The van der Waals surface area contributed by atoms with Crippen molar-refractivity contribution in [3.63, 3.8) is 0 Å². The van der Waals surface area contributed by atoms with Crippen molar-refractivity contribution < 1.29 is 14.6 Å². The summed E-state index contributed by atoms with van der Waals surface area (Å²) in [4.78, 5) is 15.7. The molecule has 2 saturated heterocycles. The molecule has 0 bridgehead atoms. The number of nitrogens with zero attached hydrogens (tertiary/aromatic N) is 2. The lowest BCUT2D eigenvalue weighted by Crippen LogP contribution is -2.45. The zero-order valence-electron chi connectivity index (χ0n) is 10.5. The molecule has 1 amide bonds. The molecule has 98 valence electrons. The Morgan fingerprint density at radius 2 is 2.06 bits per heavy atom. The van der Waals surface area contributed by atoms with Gasteiger partial charge >= 0.3 is 0 Å². The number of ether oxygens (including phenoxy) is 1. The second-order valence-corrected chi connectivity index (χ2v) is 5.21. The summed E-state index contributed by atoms with van der Waals surface area (Å²) in [7, 11) is 1.52. The first-order valence-electron chi connectivity index (χ1n) is 6.34. The van der Waals surface area contributed by atoms with Crippen LogP contribution in [0.15, 0.2) is 0 Å². The molecule has 2 aliphatic heterocycles. The minimum absolute atomic E-state index is 0.0233. The van der Waals surface area contributed by atoms with E-state index >= 15 is 0 Å². The molecule has 5 nitrogen and oxygen atoms in total. The van der Waals surface area contributed by atoms with Gasteiger partial charge in [0, 0.05) is 20.2 Å². The third kappa shape index (κ3) is 3.18. The van der Waals surface area contributed by atoms with Gasteiger partial charge in [0.25, 0.3) is 0 Å². The highest BCUT2D eigenvalue weighted by Crippen LogP contribution is 2.24. The highest BCUT2D eigenvalue weighted by Gasteiger charge is 2.39. The minimum Gasteiger partial charge on any atom is -0.387 e. The van der Waals surface area contributed by atoms with E-state index in [0.29, 0.717) is 26.1 Å². The molecule has 2 heterocycles. The van der Waals surface area contributed by atoms with E-state index in [4.69, 9.17) is 4.74 Å². The molecular weight excluding hydrogens is 220 g/mol. The predicted octanol–water partition coefficient (Wildman–Crippen LogP) is -0.308. The fourth-order valence-corrected chi connectivity index (χ4v) is 2.77. The molecule has 0 aromatic heterocycles. The van der Waals surface area contributed by atoms with Crippen LogP contribution in [0, 0.1) is 0 Å². The van der Waals surface area contributed by atoms with Crippen LogP contribution in [0.2, 0.25) is 0 Å². The number of likely N-dealkylation sites (tertiary alicyclic amines) is 2. The van der Waals surface area contributed by atoms with Gasteiger partial charge in [0.05, 0.1) is 12.1 Å². The minimum atomic E-state index is -0.715. The maximum Gasteiger partial charge on any atom is 0.248 e. The molecule has 0 aliphatic carbocycles. The van der Waals surface area contributed by atoms with Crippen LogP contribution >= 0.6 is 0 Å². The lowest BCUT2D eigenvalue weighted by atomic mass is 10.0. The molecule has 2 aliphatic rings. The highest BCUT2D eigenvalue weighted by molar-refractivity contribution is 5.77. The zero-order chi connectivity index (χ0) is 12.3. The van der Waals surface area contributed by atoms with Crippen molar-refractivity contribution in [1.29, 1.82) is 0 Å². The first kappa shape index (κ1) is 12.8. The third-order valence-corrected chi connectivity index (χ3v) is 3.67. The number of carbonyl (C=O) groups is 1. The summed E-state index contributed by atoms with van der Waals surface area (Å²) in [6.07, 6.45) is 3.13. The second-order valence-electron chi connectivity index (χ2n) is 5.21. The summed E-state index contributed by atoms with van der Waals surface area (Å²) in [6, 6.07) is 0. The van der Waals surface area contributed by atoms with Gasteiger partial charge in [-0.1, -0.05) is 0 Å². The number of β-amino-alcohol motifs (C(OH)–C–C–N with tert-alkyl or cyclic N) is 1. The largest absolute Gasteiger partial charge is 0.387 e. The first-order chi connectivity index (χ1) is 8.13. The average molecular weight is 242 g/mol. The maximum atomic E-state index is 11.6. The van der Waals surface area contributed by atoms with Crippen LogP contribution in [-0.2, 0) is 9.53 Å². The van der Waals surface area contributed by atoms with Gasteiger partial charge in [-0.25, -0.2) is 0 Å². The maximum absolute atomic E-state index is 11.6. The summed E-state index contributed by atoms with van der Waals surface area (Å²) in [5.41, 5.74) is -0.715. The molecule has 1 unspecified atom stereocenters. The molecule has 0 aromatic rings. The number of methoxy groups -OCH3 is 1. The predicted molar refractivity (Wildman–Crippen MR) is 63.7 cm³/mol. The van der Waals surface area contributed by atoms with Crippen LogP contribution < -0.4 is 0 Å². The van der Waals surface area contributed by atoms with Crippen LogP contribution in [0.3, 0.4) is 0 Å². The van der Waals surface area contributed by atoms with E-state index in [0.717, 1.165) is 13.1 Å². The Bertz CT molecular complexity index is 279. The molecule has 1 atom stereocenters. The molecule has 2 rings (SSSR count). The van der Waals surface area contributed by atoms with Crippen molar-refractivity contribution in [3.05, 3.63) is 0 Å². The molecule has 0 aromatic carbocycles. The summed E-state index contributed by atoms with van der Waals surface area (Å²) < 4.78 is 4.83. The number of hydrogen-bond acceptors (Lipinski definition) is 4. The molecular formula is C12H22N2O3. The van der Waals surface area contributed by atoms with Crippen LogP contribution in [0.5, 0.6) is 0 Å². The topological polar surface area (TPSA) is 53.0 Å².